The Morgan fingerprint density at radius 1 is 0.786 bits per heavy atom. The molecule has 0 aliphatic carbocycles. The van der Waals surface area contributed by atoms with Crippen LogP contribution in [0.4, 0.5) is 0 Å². The van der Waals surface area contributed by atoms with Crippen LogP contribution in [0.1, 0.15) is 40.9 Å². The van der Waals surface area contributed by atoms with Crippen LogP contribution in [0.2, 0.25) is 0 Å². The molecule has 5 heteroatoms. The minimum absolute atomic E-state index is 0.0559. The van der Waals surface area contributed by atoms with Crippen LogP contribution in [0.3, 0.4) is 0 Å². The third-order valence-corrected chi connectivity index (χ3v) is 3.49. The van der Waals surface area contributed by atoms with Crippen molar-refractivity contribution >= 4 is 17.5 Å². The molecule has 0 heterocycles. The van der Waals surface area contributed by atoms with Gasteiger partial charge in [-0.05, 0) is 42.7 Å². The minimum Gasteiger partial charge on any atom is -0.465 e. The highest BCUT2D eigenvalue weighted by Gasteiger charge is 2.04. The zero-order valence-corrected chi connectivity index (χ0v) is 16.7. The fourth-order valence-electron chi connectivity index (χ4n) is 2.21. The van der Waals surface area contributed by atoms with Gasteiger partial charge in [-0.15, -0.1) is 13.2 Å². The molecule has 2 aromatic rings. The maximum atomic E-state index is 11.1. The number of hydrogen-bond donors (Lipinski definition) is 1. The van der Waals surface area contributed by atoms with E-state index < -0.39 is 0 Å². The third-order valence-electron chi connectivity index (χ3n) is 3.49. The SMILES string of the molecule is C=C.CC(=O)Cc1ccc(CO)cc1.COC(=O)c1ccc(CC(C)=O)cc1. The fraction of sp³-hybridized carbons (Fsp3) is 0.261. The van der Waals surface area contributed by atoms with Gasteiger partial charge in [0, 0.05) is 12.8 Å². The smallest absolute Gasteiger partial charge is 0.337 e. The van der Waals surface area contributed by atoms with Crippen LogP contribution >= 0.6 is 0 Å². The Bertz CT molecular complexity index is 746. The zero-order chi connectivity index (χ0) is 21.5. The topological polar surface area (TPSA) is 80.7 Å². The number of benzene rings is 2. The van der Waals surface area contributed by atoms with Gasteiger partial charge in [-0.3, -0.25) is 9.59 Å². The van der Waals surface area contributed by atoms with E-state index in [2.05, 4.69) is 17.9 Å². The van der Waals surface area contributed by atoms with E-state index in [1.807, 2.05) is 24.3 Å². The van der Waals surface area contributed by atoms with Crippen molar-refractivity contribution in [1.82, 2.24) is 0 Å². The van der Waals surface area contributed by atoms with E-state index in [9.17, 15) is 14.4 Å². The van der Waals surface area contributed by atoms with Crippen molar-refractivity contribution in [2.45, 2.75) is 33.3 Å². The van der Waals surface area contributed by atoms with Crippen molar-refractivity contribution in [3.63, 3.8) is 0 Å². The second kappa shape index (κ2) is 14.1. The quantitative estimate of drug-likeness (QED) is 0.606. The summed E-state index contributed by atoms with van der Waals surface area (Å²) in [6, 6.07) is 14.2. The number of hydrogen-bond acceptors (Lipinski definition) is 5. The Morgan fingerprint density at radius 2 is 1.14 bits per heavy atom. The second-order valence-corrected chi connectivity index (χ2v) is 5.92. The van der Waals surface area contributed by atoms with E-state index in [1.165, 1.54) is 14.0 Å². The average Bonchev–Trinajstić information content (AvgIpc) is 2.70. The van der Waals surface area contributed by atoms with Crippen molar-refractivity contribution in [3.8, 4) is 0 Å². The molecule has 1 N–H and O–H groups in total. The molecule has 5 nitrogen and oxygen atoms in total. The predicted molar refractivity (Wildman–Crippen MR) is 110 cm³/mol. The number of Topliss-reactive ketones (excluding diaryl/α,β-unsaturated/α-hetero) is 2. The number of esters is 1. The van der Waals surface area contributed by atoms with Crippen LogP contribution < -0.4 is 0 Å². The van der Waals surface area contributed by atoms with Gasteiger partial charge >= 0.3 is 5.97 Å². The summed E-state index contributed by atoms with van der Waals surface area (Å²) in [5, 5.41) is 8.74. The van der Waals surface area contributed by atoms with Crippen LogP contribution in [0.15, 0.2) is 61.7 Å². The molecule has 0 spiro atoms. The number of methoxy groups -OCH3 is 1. The molecule has 0 aliphatic rings. The molecule has 0 radical (unpaired) electrons. The summed E-state index contributed by atoms with van der Waals surface area (Å²) in [4.78, 5) is 32.6. The maximum absolute atomic E-state index is 11.1. The summed E-state index contributed by atoms with van der Waals surface area (Å²) in [7, 11) is 1.34. The number of ether oxygens (including phenoxy) is 1. The van der Waals surface area contributed by atoms with Crippen LogP contribution in [-0.4, -0.2) is 29.8 Å². The average molecular weight is 384 g/mol. The zero-order valence-electron chi connectivity index (χ0n) is 16.7. The van der Waals surface area contributed by atoms with E-state index in [-0.39, 0.29) is 24.1 Å². The molecule has 0 fully saturated rings. The first-order valence-corrected chi connectivity index (χ1v) is 8.70. The largest absolute Gasteiger partial charge is 0.465 e. The van der Waals surface area contributed by atoms with Crippen LogP contribution in [-0.2, 0) is 33.8 Å². The van der Waals surface area contributed by atoms with Gasteiger partial charge in [-0.25, -0.2) is 4.79 Å². The predicted octanol–water partition coefficient (Wildman–Crippen LogP) is 3.72. The number of ketones is 2. The Hall–Kier alpha value is -3.05. The highest BCUT2D eigenvalue weighted by molar-refractivity contribution is 5.89. The number of rotatable bonds is 6. The Kier molecular flexibility index (Phi) is 12.5. The van der Waals surface area contributed by atoms with Gasteiger partial charge in [-0.2, -0.15) is 0 Å². The molecule has 2 rings (SSSR count). The van der Waals surface area contributed by atoms with E-state index in [0.717, 1.165) is 16.7 Å². The van der Waals surface area contributed by atoms with Gasteiger partial charge in [0.1, 0.15) is 11.6 Å². The van der Waals surface area contributed by atoms with Crippen LogP contribution in [0.5, 0.6) is 0 Å². The van der Waals surface area contributed by atoms with Gasteiger partial charge in [-0.1, -0.05) is 36.4 Å². The summed E-state index contributed by atoms with van der Waals surface area (Å²) in [6.07, 6.45) is 0.882. The Balaban J connectivity index is 0.000000483. The molecule has 0 unspecified atom stereocenters. The first-order valence-electron chi connectivity index (χ1n) is 8.70. The lowest BCUT2D eigenvalue weighted by Crippen LogP contribution is -2.02. The molecule has 0 atom stereocenters. The van der Waals surface area contributed by atoms with Crippen molar-refractivity contribution in [3.05, 3.63) is 83.9 Å². The normalized spacial score (nSPS) is 9.14. The molecule has 0 saturated carbocycles. The second-order valence-electron chi connectivity index (χ2n) is 5.92. The molecular formula is C23H28O5. The Labute approximate surface area is 166 Å². The number of carbonyl (C=O) groups excluding carboxylic acids is 3. The molecule has 0 aromatic heterocycles. The maximum Gasteiger partial charge on any atom is 0.337 e. The van der Waals surface area contributed by atoms with Gasteiger partial charge in [0.05, 0.1) is 19.3 Å². The third kappa shape index (κ3) is 10.2. The van der Waals surface area contributed by atoms with Crippen LogP contribution in [0, 0.1) is 0 Å². The first-order chi connectivity index (χ1) is 13.3. The highest BCUT2D eigenvalue weighted by atomic mass is 16.5. The van der Waals surface area contributed by atoms with E-state index >= 15 is 0 Å². The van der Waals surface area contributed by atoms with Crippen molar-refractivity contribution in [2.24, 2.45) is 0 Å². The van der Waals surface area contributed by atoms with Crippen molar-refractivity contribution < 1.29 is 24.2 Å². The van der Waals surface area contributed by atoms with E-state index in [0.29, 0.717) is 18.4 Å². The van der Waals surface area contributed by atoms with Crippen molar-refractivity contribution in [1.29, 1.82) is 0 Å². The first kappa shape index (κ1) is 24.9. The lowest BCUT2D eigenvalue weighted by atomic mass is 10.1. The molecule has 0 saturated heterocycles. The Morgan fingerprint density at radius 3 is 1.46 bits per heavy atom. The standard InChI is InChI=1S/C11H12O3.C10H12O2.C2H4/c1-8(12)7-9-3-5-10(6-4-9)11(13)14-2;1-8(12)6-9-2-4-10(7-11)5-3-9;1-2/h3-6H,7H2,1-2H3;2-5,11H,6-7H2,1H3;1-2H2. The summed E-state index contributed by atoms with van der Waals surface area (Å²) in [6.45, 7) is 9.16. The minimum atomic E-state index is -0.362. The molecular weight excluding hydrogens is 356 g/mol. The molecule has 0 aliphatic heterocycles. The highest BCUT2D eigenvalue weighted by Crippen LogP contribution is 2.07. The summed E-state index contributed by atoms with van der Waals surface area (Å²) >= 11 is 0. The summed E-state index contributed by atoms with van der Waals surface area (Å²) in [5.74, 6) is -0.0954. The number of carbonyl (C=O) groups is 3. The molecule has 0 amide bonds. The molecule has 150 valence electrons. The monoisotopic (exact) mass is 384 g/mol. The molecule has 2 aromatic carbocycles. The summed E-state index contributed by atoms with van der Waals surface area (Å²) in [5.41, 5.74) is 3.28. The van der Waals surface area contributed by atoms with Gasteiger partial charge in [0.15, 0.2) is 0 Å². The molecule has 0 bridgehead atoms. The van der Waals surface area contributed by atoms with Gasteiger partial charge in [0.2, 0.25) is 0 Å². The lowest BCUT2D eigenvalue weighted by Gasteiger charge is -2.00. The van der Waals surface area contributed by atoms with Gasteiger partial charge < -0.3 is 9.84 Å². The van der Waals surface area contributed by atoms with Crippen LogP contribution in [0.25, 0.3) is 0 Å². The number of aliphatic hydroxyl groups is 1. The molecule has 28 heavy (non-hydrogen) atoms. The number of aliphatic hydroxyl groups excluding tert-OH is 1. The van der Waals surface area contributed by atoms with Crippen molar-refractivity contribution in [2.75, 3.05) is 7.11 Å². The lowest BCUT2D eigenvalue weighted by molar-refractivity contribution is -0.117. The van der Waals surface area contributed by atoms with E-state index in [4.69, 9.17) is 5.11 Å². The fourth-order valence-corrected chi connectivity index (χ4v) is 2.21. The summed E-state index contributed by atoms with van der Waals surface area (Å²) < 4.78 is 4.55. The van der Waals surface area contributed by atoms with Gasteiger partial charge in [0.25, 0.3) is 0 Å². The van der Waals surface area contributed by atoms with E-state index in [1.54, 1.807) is 31.2 Å².